The lowest BCUT2D eigenvalue weighted by atomic mass is 9.87. The molecule has 2 aromatic rings. The molecule has 0 unspecified atom stereocenters. The molecule has 1 aromatic heterocycles. The second-order valence-corrected chi connectivity index (χ2v) is 5.93. The van der Waals surface area contributed by atoms with Gasteiger partial charge in [-0.05, 0) is 41.7 Å². The lowest BCUT2D eigenvalue weighted by Gasteiger charge is -2.19. The molecule has 0 spiro atoms. The van der Waals surface area contributed by atoms with Gasteiger partial charge in [0.25, 0.3) is 0 Å². The normalized spacial score (nSPS) is 11.4. The van der Waals surface area contributed by atoms with Crippen LogP contribution in [0.1, 0.15) is 37.6 Å². The fourth-order valence-electron chi connectivity index (χ4n) is 1.93. The largest absolute Gasteiger partial charge is 0.439 e. The molecule has 0 bridgehead atoms. The molecule has 0 saturated carbocycles. The average Bonchev–Trinajstić information content (AvgIpc) is 2.38. The minimum atomic E-state index is -0.000602. The molecule has 1 heterocycles. The van der Waals surface area contributed by atoms with Crippen LogP contribution in [0.5, 0.6) is 11.6 Å². The molecule has 0 saturated heterocycles. The highest BCUT2D eigenvalue weighted by molar-refractivity contribution is 5.34. The smallest absolute Gasteiger partial charge is 0.219 e. The molecule has 0 fully saturated rings. The molecular formula is C17H21NO2. The van der Waals surface area contributed by atoms with E-state index in [9.17, 15) is 0 Å². The highest BCUT2D eigenvalue weighted by Gasteiger charge is 2.13. The third-order valence-electron chi connectivity index (χ3n) is 3.28. The van der Waals surface area contributed by atoms with E-state index in [1.165, 1.54) is 5.56 Å². The van der Waals surface area contributed by atoms with Crippen molar-refractivity contribution in [2.45, 2.75) is 39.7 Å². The number of rotatable bonds is 3. The van der Waals surface area contributed by atoms with Crippen LogP contribution in [0.15, 0.2) is 36.4 Å². The van der Waals surface area contributed by atoms with Crippen molar-refractivity contribution in [2.24, 2.45) is 0 Å². The fraction of sp³-hybridized carbons (Fsp3) is 0.353. The van der Waals surface area contributed by atoms with Crippen LogP contribution < -0.4 is 4.74 Å². The van der Waals surface area contributed by atoms with Crippen LogP contribution in [0.2, 0.25) is 0 Å². The summed E-state index contributed by atoms with van der Waals surface area (Å²) in [5.41, 5.74) is 3.01. The molecule has 0 atom stereocenters. The van der Waals surface area contributed by atoms with Gasteiger partial charge < -0.3 is 9.84 Å². The van der Waals surface area contributed by atoms with E-state index in [0.29, 0.717) is 5.88 Å². The Kier molecular flexibility index (Phi) is 4.09. The van der Waals surface area contributed by atoms with Crippen LogP contribution in [-0.2, 0) is 12.0 Å². The van der Waals surface area contributed by atoms with Gasteiger partial charge >= 0.3 is 0 Å². The van der Waals surface area contributed by atoms with Crippen LogP contribution in [0.25, 0.3) is 0 Å². The summed E-state index contributed by atoms with van der Waals surface area (Å²) in [6.45, 7) is 8.41. The predicted molar refractivity (Wildman–Crippen MR) is 80.1 cm³/mol. The lowest BCUT2D eigenvalue weighted by molar-refractivity contribution is 0.280. The molecular weight excluding hydrogens is 250 g/mol. The molecule has 3 nitrogen and oxygen atoms in total. The molecule has 3 heteroatoms. The van der Waals surface area contributed by atoms with Crippen molar-refractivity contribution in [3.05, 3.63) is 53.2 Å². The number of benzene rings is 1. The van der Waals surface area contributed by atoms with Crippen molar-refractivity contribution in [3.8, 4) is 11.6 Å². The molecule has 1 aromatic carbocycles. The standard InChI is InChI=1S/C17H21NO2/c1-12-13(11-19)5-10-16(18-12)20-15-8-6-14(7-9-15)17(2,3)4/h5-10,19H,11H2,1-4H3. The predicted octanol–water partition coefficient (Wildman–Crippen LogP) is 3.97. The maximum atomic E-state index is 9.12. The fourth-order valence-corrected chi connectivity index (χ4v) is 1.93. The van der Waals surface area contributed by atoms with Crippen molar-refractivity contribution in [2.75, 3.05) is 0 Å². The van der Waals surface area contributed by atoms with Crippen molar-refractivity contribution < 1.29 is 9.84 Å². The molecule has 106 valence electrons. The monoisotopic (exact) mass is 271 g/mol. The van der Waals surface area contributed by atoms with E-state index in [1.54, 1.807) is 6.07 Å². The number of pyridine rings is 1. The van der Waals surface area contributed by atoms with Gasteiger partial charge in [-0.15, -0.1) is 0 Å². The first-order chi connectivity index (χ1) is 9.40. The quantitative estimate of drug-likeness (QED) is 0.918. The number of aromatic nitrogens is 1. The molecule has 0 aliphatic carbocycles. The number of aliphatic hydroxyl groups is 1. The van der Waals surface area contributed by atoms with E-state index in [1.807, 2.05) is 25.1 Å². The van der Waals surface area contributed by atoms with Gasteiger partial charge in [0.2, 0.25) is 5.88 Å². The zero-order valence-electron chi connectivity index (χ0n) is 12.5. The molecule has 2 rings (SSSR count). The Hall–Kier alpha value is -1.87. The van der Waals surface area contributed by atoms with Gasteiger partial charge in [-0.1, -0.05) is 32.9 Å². The van der Waals surface area contributed by atoms with E-state index < -0.39 is 0 Å². The van der Waals surface area contributed by atoms with Crippen molar-refractivity contribution in [1.29, 1.82) is 0 Å². The zero-order valence-corrected chi connectivity index (χ0v) is 12.5. The Morgan fingerprint density at radius 2 is 1.70 bits per heavy atom. The Bertz CT molecular complexity index is 583. The molecule has 20 heavy (non-hydrogen) atoms. The summed E-state index contributed by atoms with van der Waals surface area (Å²) in [7, 11) is 0. The number of aryl methyl sites for hydroxylation is 1. The summed E-state index contributed by atoms with van der Waals surface area (Å²) in [5.74, 6) is 1.31. The van der Waals surface area contributed by atoms with E-state index in [4.69, 9.17) is 9.84 Å². The first-order valence-corrected chi connectivity index (χ1v) is 6.76. The van der Waals surface area contributed by atoms with Crippen LogP contribution in [0, 0.1) is 6.92 Å². The lowest BCUT2D eigenvalue weighted by Crippen LogP contribution is -2.10. The Morgan fingerprint density at radius 1 is 1.05 bits per heavy atom. The second kappa shape index (κ2) is 5.63. The molecule has 1 N–H and O–H groups in total. The summed E-state index contributed by atoms with van der Waals surface area (Å²) in [5, 5.41) is 9.12. The number of nitrogens with zero attached hydrogens (tertiary/aromatic N) is 1. The SMILES string of the molecule is Cc1nc(Oc2ccc(C(C)(C)C)cc2)ccc1CO. The Labute approximate surface area is 120 Å². The van der Waals surface area contributed by atoms with Crippen LogP contribution >= 0.6 is 0 Å². The van der Waals surface area contributed by atoms with Crippen molar-refractivity contribution in [1.82, 2.24) is 4.98 Å². The van der Waals surface area contributed by atoms with Gasteiger partial charge in [-0.3, -0.25) is 0 Å². The third kappa shape index (κ3) is 3.36. The first kappa shape index (κ1) is 14.5. The van der Waals surface area contributed by atoms with E-state index in [2.05, 4.69) is 37.9 Å². The minimum absolute atomic E-state index is 0.000602. The summed E-state index contributed by atoms with van der Waals surface area (Å²) < 4.78 is 5.73. The zero-order chi connectivity index (χ0) is 14.8. The molecule has 0 aliphatic rings. The summed E-state index contributed by atoms with van der Waals surface area (Å²) in [6.07, 6.45) is 0. The van der Waals surface area contributed by atoms with Crippen molar-refractivity contribution in [3.63, 3.8) is 0 Å². The highest BCUT2D eigenvalue weighted by Crippen LogP contribution is 2.26. The number of hydrogen-bond donors (Lipinski definition) is 1. The van der Waals surface area contributed by atoms with Gasteiger partial charge in [0.05, 0.1) is 6.61 Å². The summed E-state index contributed by atoms with van der Waals surface area (Å²) >= 11 is 0. The highest BCUT2D eigenvalue weighted by atomic mass is 16.5. The molecule has 0 amide bonds. The summed E-state index contributed by atoms with van der Waals surface area (Å²) in [4.78, 5) is 4.33. The van der Waals surface area contributed by atoms with Gasteiger partial charge in [0, 0.05) is 11.8 Å². The topological polar surface area (TPSA) is 42.4 Å². The van der Waals surface area contributed by atoms with E-state index in [0.717, 1.165) is 17.0 Å². The number of aliphatic hydroxyl groups excluding tert-OH is 1. The van der Waals surface area contributed by atoms with Crippen LogP contribution in [-0.4, -0.2) is 10.1 Å². The van der Waals surface area contributed by atoms with Gasteiger partial charge in [-0.2, -0.15) is 0 Å². The Morgan fingerprint density at radius 3 is 2.20 bits per heavy atom. The van der Waals surface area contributed by atoms with Crippen LogP contribution in [0.3, 0.4) is 0 Å². The van der Waals surface area contributed by atoms with Crippen LogP contribution in [0.4, 0.5) is 0 Å². The Balaban J connectivity index is 2.16. The second-order valence-electron chi connectivity index (χ2n) is 5.93. The van der Waals surface area contributed by atoms with Gasteiger partial charge in [0.15, 0.2) is 0 Å². The van der Waals surface area contributed by atoms with Crippen molar-refractivity contribution >= 4 is 0 Å². The maximum absolute atomic E-state index is 9.12. The third-order valence-corrected chi connectivity index (χ3v) is 3.28. The average molecular weight is 271 g/mol. The molecule has 0 radical (unpaired) electrons. The first-order valence-electron chi connectivity index (χ1n) is 6.76. The maximum Gasteiger partial charge on any atom is 0.219 e. The van der Waals surface area contributed by atoms with Gasteiger partial charge in [-0.25, -0.2) is 4.98 Å². The van der Waals surface area contributed by atoms with E-state index in [-0.39, 0.29) is 12.0 Å². The van der Waals surface area contributed by atoms with Gasteiger partial charge in [0.1, 0.15) is 5.75 Å². The minimum Gasteiger partial charge on any atom is -0.439 e. The summed E-state index contributed by atoms with van der Waals surface area (Å²) in [6, 6.07) is 11.7. The number of hydrogen-bond acceptors (Lipinski definition) is 3. The van der Waals surface area contributed by atoms with E-state index >= 15 is 0 Å². The molecule has 0 aliphatic heterocycles. The number of ether oxygens (including phenoxy) is 1.